The van der Waals surface area contributed by atoms with Crippen LogP contribution in [0.5, 0.6) is 0 Å². The molecule has 0 atom stereocenters. The summed E-state index contributed by atoms with van der Waals surface area (Å²) in [5.74, 6) is 1.15. The zero-order chi connectivity index (χ0) is 17.5. The lowest BCUT2D eigenvalue weighted by molar-refractivity contribution is -0.127. The third-order valence-corrected chi connectivity index (χ3v) is 5.00. The molecule has 1 aliphatic rings. The summed E-state index contributed by atoms with van der Waals surface area (Å²) < 4.78 is 0. The van der Waals surface area contributed by atoms with E-state index in [4.69, 9.17) is 0 Å². The van der Waals surface area contributed by atoms with Crippen LogP contribution in [-0.2, 0) is 11.3 Å². The van der Waals surface area contributed by atoms with Crippen LogP contribution in [0.2, 0.25) is 0 Å². The van der Waals surface area contributed by atoms with Crippen molar-refractivity contribution in [2.45, 2.75) is 58.0 Å². The number of carbonyl (C=O) groups is 1. The minimum Gasteiger partial charge on any atom is -0.354 e. The first-order valence-electron chi connectivity index (χ1n) is 8.65. The average molecular weight is 479 g/mol. The monoisotopic (exact) mass is 479 g/mol. The van der Waals surface area contributed by atoms with E-state index >= 15 is 0 Å². The number of nitrogens with zero attached hydrogens (tertiary/aromatic N) is 3. The van der Waals surface area contributed by atoms with Gasteiger partial charge in [-0.1, -0.05) is 26.7 Å². The fraction of sp³-hybridized carbons (Fsp3) is 0.706. The summed E-state index contributed by atoms with van der Waals surface area (Å²) in [4.78, 5) is 22.4. The summed E-state index contributed by atoms with van der Waals surface area (Å²) in [7, 11) is 3.50. The van der Waals surface area contributed by atoms with Crippen LogP contribution in [0.25, 0.3) is 0 Å². The molecule has 0 aliphatic heterocycles. The van der Waals surface area contributed by atoms with E-state index in [-0.39, 0.29) is 36.4 Å². The smallest absolute Gasteiger partial charge is 0.243 e. The van der Waals surface area contributed by atoms with Gasteiger partial charge in [0, 0.05) is 25.5 Å². The first-order chi connectivity index (χ1) is 11.5. The largest absolute Gasteiger partial charge is 0.354 e. The van der Waals surface area contributed by atoms with Crippen molar-refractivity contribution in [3.05, 3.63) is 16.1 Å². The Bertz CT molecular complexity index is 567. The number of amides is 1. The molecule has 0 spiro atoms. The van der Waals surface area contributed by atoms with E-state index in [9.17, 15) is 4.79 Å². The molecule has 25 heavy (non-hydrogen) atoms. The second-order valence-electron chi connectivity index (χ2n) is 6.75. The van der Waals surface area contributed by atoms with Crippen LogP contribution in [0, 0.1) is 0 Å². The number of aromatic nitrogens is 1. The first-order valence-corrected chi connectivity index (χ1v) is 9.53. The number of likely N-dealkylation sites (N-methyl/N-ethyl adjacent to an activating group) is 1. The Hall–Kier alpha value is -0.900. The fourth-order valence-electron chi connectivity index (χ4n) is 2.53. The molecule has 1 fully saturated rings. The molecule has 0 saturated heterocycles. The third-order valence-electron chi connectivity index (χ3n) is 4.14. The van der Waals surface area contributed by atoms with E-state index in [0.29, 0.717) is 24.5 Å². The van der Waals surface area contributed by atoms with Crippen LogP contribution in [-0.4, -0.2) is 48.4 Å². The normalized spacial score (nSPS) is 15.2. The molecule has 1 heterocycles. The van der Waals surface area contributed by atoms with Gasteiger partial charge in [0.05, 0.1) is 12.2 Å². The van der Waals surface area contributed by atoms with E-state index in [0.717, 1.165) is 23.5 Å². The van der Waals surface area contributed by atoms with Gasteiger partial charge < -0.3 is 15.5 Å². The Morgan fingerprint density at radius 1 is 1.40 bits per heavy atom. The molecule has 1 aromatic heterocycles. The van der Waals surface area contributed by atoms with Crippen molar-refractivity contribution in [2.75, 3.05) is 20.6 Å². The summed E-state index contributed by atoms with van der Waals surface area (Å²) in [6, 6.07) is 0.452. The number of guanidine groups is 1. The van der Waals surface area contributed by atoms with Crippen molar-refractivity contribution < 1.29 is 4.79 Å². The van der Waals surface area contributed by atoms with Crippen molar-refractivity contribution in [3.8, 4) is 0 Å². The molecule has 2 rings (SSSR count). The molecule has 142 valence electrons. The van der Waals surface area contributed by atoms with Gasteiger partial charge in [0.25, 0.3) is 0 Å². The number of nitrogens with one attached hydrogen (secondary N) is 2. The summed E-state index contributed by atoms with van der Waals surface area (Å²) >= 11 is 1.66. The second-order valence-corrected chi connectivity index (χ2v) is 7.70. The van der Waals surface area contributed by atoms with Gasteiger partial charge in [0.1, 0.15) is 11.6 Å². The number of halogens is 1. The molecular weight excluding hydrogens is 449 g/mol. The van der Waals surface area contributed by atoms with Gasteiger partial charge in [-0.3, -0.25) is 4.79 Å². The molecule has 0 bridgehead atoms. The highest BCUT2D eigenvalue weighted by molar-refractivity contribution is 14.0. The van der Waals surface area contributed by atoms with E-state index in [1.165, 1.54) is 12.8 Å². The van der Waals surface area contributed by atoms with E-state index in [1.807, 2.05) is 0 Å². The van der Waals surface area contributed by atoms with Crippen LogP contribution in [0.15, 0.2) is 10.4 Å². The molecule has 6 nitrogen and oxygen atoms in total. The van der Waals surface area contributed by atoms with Crippen LogP contribution in [0.4, 0.5) is 0 Å². The topological polar surface area (TPSA) is 69.6 Å². The Morgan fingerprint density at radius 2 is 2.08 bits per heavy atom. The number of rotatable bonds is 6. The summed E-state index contributed by atoms with van der Waals surface area (Å²) in [5.41, 5.74) is 1.13. The van der Waals surface area contributed by atoms with Crippen molar-refractivity contribution in [1.82, 2.24) is 20.5 Å². The summed E-state index contributed by atoms with van der Waals surface area (Å²) in [5, 5.41) is 9.93. The van der Waals surface area contributed by atoms with Gasteiger partial charge in [-0.25, -0.2) is 9.98 Å². The zero-order valence-electron chi connectivity index (χ0n) is 15.5. The van der Waals surface area contributed by atoms with Gasteiger partial charge >= 0.3 is 0 Å². The number of hydrogen-bond acceptors (Lipinski definition) is 4. The number of thiazole rings is 1. The van der Waals surface area contributed by atoms with Gasteiger partial charge in [-0.2, -0.15) is 0 Å². The minimum absolute atomic E-state index is 0. The lowest BCUT2D eigenvalue weighted by Gasteiger charge is -2.17. The highest BCUT2D eigenvalue weighted by Crippen LogP contribution is 2.18. The highest BCUT2D eigenvalue weighted by atomic mass is 127. The molecular formula is C17H30IN5OS. The van der Waals surface area contributed by atoms with Crippen molar-refractivity contribution in [2.24, 2.45) is 4.99 Å². The van der Waals surface area contributed by atoms with Crippen LogP contribution in [0.3, 0.4) is 0 Å². The summed E-state index contributed by atoms with van der Waals surface area (Å²) in [6.07, 6.45) is 4.84. The Balaban J connectivity index is 0.00000312. The highest BCUT2D eigenvalue weighted by Gasteiger charge is 2.17. The maximum absolute atomic E-state index is 11.8. The predicted molar refractivity (Wildman–Crippen MR) is 115 cm³/mol. The second kappa shape index (κ2) is 10.9. The molecule has 1 saturated carbocycles. The van der Waals surface area contributed by atoms with Crippen LogP contribution >= 0.6 is 35.3 Å². The number of hydrogen-bond donors (Lipinski definition) is 2. The van der Waals surface area contributed by atoms with Crippen LogP contribution < -0.4 is 10.6 Å². The SMILES string of the molecule is CC(C)c1csc(CNC(=NCC(=O)N(C)C)NC2CCCC2)n1.I. The average Bonchev–Trinajstić information content (AvgIpc) is 3.20. The van der Waals surface area contributed by atoms with Crippen molar-refractivity contribution in [1.29, 1.82) is 0 Å². The standard InChI is InChI=1S/C17H29N5OS.HI/c1-12(2)14-11-24-15(21-14)9-18-17(19-10-16(23)22(3)4)20-13-7-5-6-8-13;/h11-13H,5-10H2,1-4H3,(H2,18,19,20);1H. The van der Waals surface area contributed by atoms with E-state index in [2.05, 4.69) is 39.8 Å². The van der Waals surface area contributed by atoms with Gasteiger partial charge in [-0.15, -0.1) is 35.3 Å². The van der Waals surface area contributed by atoms with Gasteiger partial charge in [-0.05, 0) is 18.8 Å². The molecule has 0 unspecified atom stereocenters. The third kappa shape index (κ3) is 7.47. The van der Waals surface area contributed by atoms with Gasteiger partial charge in [0.15, 0.2) is 5.96 Å². The molecule has 2 N–H and O–H groups in total. The Labute approximate surface area is 171 Å². The van der Waals surface area contributed by atoms with Crippen molar-refractivity contribution in [3.63, 3.8) is 0 Å². The number of carbonyl (C=O) groups excluding carboxylic acids is 1. The molecule has 0 aromatic carbocycles. The lowest BCUT2D eigenvalue weighted by Crippen LogP contribution is -2.42. The maximum atomic E-state index is 11.8. The zero-order valence-corrected chi connectivity index (χ0v) is 18.7. The van der Waals surface area contributed by atoms with Gasteiger partial charge in [0.2, 0.25) is 5.91 Å². The summed E-state index contributed by atoms with van der Waals surface area (Å²) in [6.45, 7) is 5.08. The quantitative estimate of drug-likeness (QED) is 0.374. The lowest BCUT2D eigenvalue weighted by atomic mass is 10.2. The Morgan fingerprint density at radius 3 is 2.64 bits per heavy atom. The molecule has 0 radical (unpaired) electrons. The molecule has 8 heteroatoms. The Kier molecular flexibility index (Phi) is 9.70. The molecule has 1 aromatic rings. The molecule has 1 amide bonds. The number of aliphatic imine (C=N–C) groups is 1. The van der Waals surface area contributed by atoms with E-state index in [1.54, 1.807) is 30.3 Å². The predicted octanol–water partition coefficient (Wildman–Crippen LogP) is 2.95. The van der Waals surface area contributed by atoms with Crippen LogP contribution in [0.1, 0.15) is 56.2 Å². The van der Waals surface area contributed by atoms with Crippen molar-refractivity contribution >= 4 is 47.2 Å². The maximum Gasteiger partial charge on any atom is 0.243 e. The fourth-order valence-corrected chi connectivity index (χ4v) is 3.43. The van der Waals surface area contributed by atoms with E-state index < -0.39 is 0 Å². The molecule has 1 aliphatic carbocycles. The first kappa shape index (κ1) is 22.1. The minimum atomic E-state index is -0.00105.